The largest absolute Gasteiger partial charge is 0.285 e. The SMILES string of the molecule is O=S(=O)(O)C/C=C/F. The Kier molecular flexibility index (Phi) is 2.64. The predicted octanol–water partition coefficient (Wildman–Crippen LogP) is 0.357. The summed E-state index contributed by atoms with van der Waals surface area (Å²) in [5.74, 6) is -0.663. The molecule has 5 heteroatoms. The normalized spacial score (nSPS) is 12.8. The Labute approximate surface area is 46.6 Å². The van der Waals surface area contributed by atoms with Crippen molar-refractivity contribution in [3.63, 3.8) is 0 Å². The van der Waals surface area contributed by atoms with Gasteiger partial charge >= 0.3 is 0 Å². The fourth-order valence-corrected chi connectivity index (χ4v) is 0.474. The molecular weight excluding hydrogens is 135 g/mol. The third-order valence-electron chi connectivity index (χ3n) is 0.396. The molecule has 0 aromatic heterocycles. The van der Waals surface area contributed by atoms with Gasteiger partial charge in [-0.25, -0.2) is 4.39 Å². The zero-order valence-corrected chi connectivity index (χ0v) is 4.73. The Morgan fingerprint density at radius 2 is 2.12 bits per heavy atom. The molecule has 0 rings (SSSR count). The van der Waals surface area contributed by atoms with Crippen LogP contribution in [0.5, 0.6) is 0 Å². The van der Waals surface area contributed by atoms with Gasteiger partial charge in [0.1, 0.15) is 0 Å². The van der Waals surface area contributed by atoms with E-state index in [4.69, 9.17) is 4.55 Å². The van der Waals surface area contributed by atoms with Crippen molar-refractivity contribution in [3.8, 4) is 0 Å². The number of rotatable bonds is 2. The van der Waals surface area contributed by atoms with E-state index in [2.05, 4.69) is 0 Å². The fourth-order valence-electron chi connectivity index (χ4n) is 0.158. The Morgan fingerprint density at radius 1 is 1.62 bits per heavy atom. The maximum absolute atomic E-state index is 11.0. The molecule has 3 nitrogen and oxygen atoms in total. The summed E-state index contributed by atoms with van der Waals surface area (Å²) in [6.45, 7) is 0. The van der Waals surface area contributed by atoms with Gasteiger partial charge in [0.25, 0.3) is 10.1 Å². The first-order chi connectivity index (χ1) is 3.56. The highest BCUT2D eigenvalue weighted by Gasteiger charge is 1.97. The maximum atomic E-state index is 11.0. The van der Waals surface area contributed by atoms with Gasteiger partial charge in [0.15, 0.2) is 0 Å². The van der Waals surface area contributed by atoms with Crippen molar-refractivity contribution in [2.45, 2.75) is 0 Å². The van der Waals surface area contributed by atoms with Crippen LogP contribution in [0.25, 0.3) is 0 Å². The van der Waals surface area contributed by atoms with Crippen LogP contribution >= 0.6 is 0 Å². The molecule has 0 aromatic rings. The zero-order chi connectivity index (χ0) is 6.62. The van der Waals surface area contributed by atoms with Gasteiger partial charge in [-0.05, 0) is 6.08 Å². The Balaban J connectivity index is 3.76. The number of hydrogen-bond donors (Lipinski definition) is 1. The lowest BCUT2D eigenvalue weighted by Gasteiger charge is -1.82. The molecule has 0 saturated heterocycles. The van der Waals surface area contributed by atoms with Crippen molar-refractivity contribution < 1.29 is 17.4 Å². The topological polar surface area (TPSA) is 54.4 Å². The molecule has 0 saturated carbocycles. The van der Waals surface area contributed by atoms with Crippen LogP contribution in [-0.4, -0.2) is 18.7 Å². The Morgan fingerprint density at radius 3 is 2.25 bits per heavy atom. The molecular formula is C3H5FO3S. The third kappa shape index (κ3) is 5.58. The van der Waals surface area contributed by atoms with E-state index in [0.29, 0.717) is 6.08 Å². The molecule has 0 aliphatic rings. The second kappa shape index (κ2) is 2.78. The Bertz CT molecular complexity index is 169. The van der Waals surface area contributed by atoms with Gasteiger partial charge < -0.3 is 0 Å². The van der Waals surface area contributed by atoms with E-state index in [-0.39, 0.29) is 6.33 Å². The summed E-state index contributed by atoms with van der Waals surface area (Å²) in [7, 11) is -4.01. The molecule has 0 atom stereocenters. The molecule has 0 unspecified atom stereocenters. The standard InChI is InChI=1S/C3H5FO3S/c4-2-1-3-8(5,6)7/h1-2H,3H2,(H,5,6,7)/b2-1+. The first kappa shape index (κ1) is 7.58. The second-order valence-electron chi connectivity index (χ2n) is 1.11. The highest BCUT2D eigenvalue weighted by Crippen LogP contribution is 1.82. The van der Waals surface area contributed by atoms with E-state index in [1.165, 1.54) is 0 Å². The van der Waals surface area contributed by atoms with Crippen LogP contribution in [-0.2, 0) is 10.1 Å². The molecule has 0 fully saturated rings. The summed E-state index contributed by atoms with van der Waals surface area (Å²) in [5, 5.41) is 0. The van der Waals surface area contributed by atoms with Crippen molar-refractivity contribution in [2.75, 3.05) is 5.75 Å². The lowest BCUT2D eigenvalue weighted by Crippen LogP contribution is -1.99. The molecule has 0 bridgehead atoms. The quantitative estimate of drug-likeness (QED) is 0.563. The minimum atomic E-state index is -4.01. The van der Waals surface area contributed by atoms with E-state index in [9.17, 15) is 12.8 Å². The van der Waals surface area contributed by atoms with Crippen molar-refractivity contribution in [3.05, 3.63) is 12.4 Å². The van der Waals surface area contributed by atoms with E-state index in [1.807, 2.05) is 0 Å². The molecule has 0 aliphatic carbocycles. The molecule has 0 spiro atoms. The van der Waals surface area contributed by atoms with Crippen molar-refractivity contribution in [2.24, 2.45) is 0 Å². The lowest BCUT2D eigenvalue weighted by molar-refractivity contribution is 0.486. The van der Waals surface area contributed by atoms with Gasteiger partial charge in [0.2, 0.25) is 0 Å². The molecule has 8 heavy (non-hydrogen) atoms. The highest BCUT2D eigenvalue weighted by atomic mass is 32.2. The summed E-state index contributed by atoms with van der Waals surface area (Å²) in [4.78, 5) is 0. The van der Waals surface area contributed by atoms with Gasteiger partial charge in [0, 0.05) is 0 Å². The van der Waals surface area contributed by atoms with Crippen LogP contribution in [0.1, 0.15) is 0 Å². The Hall–Kier alpha value is -0.420. The molecule has 0 amide bonds. The zero-order valence-electron chi connectivity index (χ0n) is 3.91. The molecule has 0 radical (unpaired) electrons. The van der Waals surface area contributed by atoms with Crippen molar-refractivity contribution in [1.82, 2.24) is 0 Å². The maximum Gasteiger partial charge on any atom is 0.268 e. The lowest BCUT2D eigenvalue weighted by atomic mass is 10.7. The molecule has 1 N–H and O–H groups in total. The van der Waals surface area contributed by atoms with E-state index in [0.717, 1.165) is 0 Å². The highest BCUT2D eigenvalue weighted by molar-refractivity contribution is 7.85. The van der Waals surface area contributed by atoms with Crippen molar-refractivity contribution >= 4 is 10.1 Å². The van der Waals surface area contributed by atoms with Crippen LogP contribution in [0.2, 0.25) is 0 Å². The van der Waals surface area contributed by atoms with Gasteiger partial charge in [-0.15, -0.1) is 0 Å². The van der Waals surface area contributed by atoms with E-state index < -0.39 is 15.9 Å². The summed E-state index contributed by atoms with van der Waals surface area (Å²) in [6.07, 6.45) is 0.767. The minimum Gasteiger partial charge on any atom is -0.285 e. The summed E-state index contributed by atoms with van der Waals surface area (Å²) < 4.78 is 38.3. The number of hydrogen-bond acceptors (Lipinski definition) is 2. The van der Waals surface area contributed by atoms with E-state index in [1.54, 1.807) is 0 Å². The van der Waals surface area contributed by atoms with Crippen LogP contribution in [0.4, 0.5) is 4.39 Å². The second-order valence-corrected chi connectivity index (χ2v) is 2.61. The van der Waals surface area contributed by atoms with Gasteiger partial charge in [-0.1, -0.05) is 0 Å². The first-order valence-electron chi connectivity index (χ1n) is 1.76. The average molecular weight is 140 g/mol. The summed E-state index contributed by atoms with van der Waals surface area (Å²) >= 11 is 0. The van der Waals surface area contributed by atoms with Gasteiger partial charge in [0.05, 0.1) is 12.1 Å². The monoisotopic (exact) mass is 140 g/mol. The van der Waals surface area contributed by atoms with Crippen LogP contribution in [0, 0.1) is 0 Å². The molecule has 0 aliphatic heterocycles. The fraction of sp³-hybridized carbons (Fsp3) is 0.333. The predicted molar refractivity (Wildman–Crippen MR) is 26.7 cm³/mol. The van der Waals surface area contributed by atoms with E-state index >= 15 is 0 Å². The first-order valence-corrected chi connectivity index (χ1v) is 3.37. The molecule has 0 heterocycles. The average Bonchev–Trinajstić information content (AvgIpc) is 1.59. The van der Waals surface area contributed by atoms with Crippen LogP contribution in [0.15, 0.2) is 12.4 Å². The smallest absolute Gasteiger partial charge is 0.268 e. The van der Waals surface area contributed by atoms with Crippen molar-refractivity contribution in [1.29, 1.82) is 0 Å². The summed E-state index contributed by atoms with van der Waals surface area (Å²) in [5.41, 5.74) is 0. The minimum absolute atomic E-state index is 0.0633. The number of halogens is 1. The summed E-state index contributed by atoms with van der Waals surface area (Å²) in [6, 6.07) is 0. The third-order valence-corrected chi connectivity index (χ3v) is 1.01. The van der Waals surface area contributed by atoms with Crippen LogP contribution in [0.3, 0.4) is 0 Å². The molecule has 48 valence electrons. The molecule has 0 aromatic carbocycles. The van der Waals surface area contributed by atoms with Gasteiger partial charge in [-0.3, -0.25) is 4.55 Å². The van der Waals surface area contributed by atoms with Crippen LogP contribution < -0.4 is 0 Å². The van der Waals surface area contributed by atoms with Gasteiger partial charge in [-0.2, -0.15) is 8.42 Å².